The monoisotopic (exact) mass is 288 g/mol. The molecule has 0 aliphatic rings. The third-order valence-electron chi connectivity index (χ3n) is 3.02. The van der Waals surface area contributed by atoms with E-state index in [4.69, 9.17) is 0 Å². The molecule has 0 aliphatic carbocycles. The zero-order chi connectivity index (χ0) is 15.1. The first-order chi connectivity index (χ1) is 10.2. The highest BCUT2D eigenvalue weighted by molar-refractivity contribution is 5.42. The van der Waals surface area contributed by atoms with Crippen molar-refractivity contribution in [3.63, 3.8) is 0 Å². The highest BCUT2D eigenvalue weighted by Gasteiger charge is 2.02. The maximum absolute atomic E-state index is 12.8. The van der Waals surface area contributed by atoms with Gasteiger partial charge in [-0.05, 0) is 37.5 Å². The number of aromatic nitrogens is 2. The van der Waals surface area contributed by atoms with Crippen molar-refractivity contribution >= 4 is 11.8 Å². The minimum atomic E-state index is -0.208. The quantitative estimate of drug-likeness (QED) is 0.820. The first kappa shape index (κ1) is 15.2. The van der Waals surface area contributed by atoms with Gasteiger partial charge < -0.3 is 10.6 Å². The number of halogens is 1. The molecule has 1 aromatic carbocycles. The number of nitrogens with zero attached hydrogens (tertiary/aromatic N) is 2. The van der Waals surface area contributed by atoms with E-state index in [0.717, 1.165) is 36.5 Å². The lowest BCUT2D eigenvalue weighted by molar-refractivity contribution is 0.627. The van der Waals surface area contributed by atoms with Gasteiger partial charge in [-0.1, -0.05) is 19.1 Å². The van der Waals surface area contributed by atoms with E-state index >= 15 is 0 Å². The predicted octanol–water partition coefficient (Wildman–Crippen LogP) is 3.40. The fourth-order valence-corrected chi connectivity index (χ4v) is 1.96. The summed E-state index contributed by atoms with van der Waals surface area (Å²) in [6.07, 6.45) is 1.85. The molecule has 2 aromatic rings. The van der Waals surface area contributed by atoms with Gasteiger partial charge in [0.15, 0.2) is 0 Å². The van der Waals surface area contributed by atoms with Gasteiger partial charge in [-0.3, -0.25) is 0 Å². The van der Waals surface area contributed by atoms with Crippen molar-refractivity contribution in [2.75, 3.05) is 23.7 Å². The van der Waals surface area contributed by atoms with Gasteiger partial charge in [0.1, 0.15) is 11.6 Å². The van der Waals surface area contributed by atoms with Gasteiger partial charge in [-0.2, -0.15) is 4.98 Å². The van der Waals surface area contributed by atoms with Crippen LogP contribution in [0.4, 0.5) is 16.2 Å². The van der Waals surface area contributed by atoms with Crippen molar-refractivity contribution in [3.05, 3.63) is 47.4 Å². The molecule has 112 valence electrons. The summed E-state index contributed by atoms with van der Waals surface area (Å²) in [6.45, 7) is 5.67. The molecule has 1 aromatic heterocycles. The van der Waals surface area contributed by atoms with E-state index < -0.39 is 0 Å². The number of anilines is 2. The molecule has 0 fully saturated rings. The summed E-state index contributed by atoms with van der Waals surface area (Å²) in [7, 11) is 0. The number of hydrogen-bond acceptors (Lipinski definition) is 4. The van der Waals surface area contributed by atoms with Gasteiger partial charge in [0, 0.05) is 24.8 Å². The highest BCUT2D eigenvalue weighted by Crippen LogP contribution is 2.10. The Morgan fingerprint density at radius 1 is 1.05 bits per heavy atom. The Morgan fingerprint density at radius 3 is 2.52 bits per heavy atom. The average molecular weight is 288 g/mol. The summed E-state index contributed by atoms with van der Waals surface area (Å²) >= 11 is 0. The molecule has 5 heteroatoms. The number of hydrogen-bond donors (Lipinski definition) is 2. The molecular weight excluding hydrogens is 267 g/mol. The van der Waals surface area contributed by atoms with Crippen LogP contribution in [0, 0.1) is 12.7 Å². The lowest BCUT2D eigenvalue weighted by atomic mass is 10.1. The molecule has 0 aliphatic heterocycles. The van der Waals surface area contributed by atoms with E-state index in [9.17, 15) is 4.39 Å². The van der Waals surface area contributed by atoms with Crippen LogP contribution < -0.4 is 10.6 Å². The summed E-state index contributed by atoms with van der Waals surface area (Å²) in [5.74, 6) is 1.25. The van der Waals surface area contributed by atoms with Crippen molar-refractivity contribution in [2.24, 2.45) is 0 Å². The Bertz CT molecular complexity index is 569. The van der Waals surface area contributed by atoms with Crippen molar-refractivity contribution in [3.8, 4) is 0 Å². The zero-order valence-corrected chi connectivity index (χ0v) is 12.5. The largest absolute Gasteiger partial charge is 0.370 e. The number of rotatable bonds is 7. The van der Waals surface area contributed by atoms with Gasteiger partial charge in [-0.15, -0.1) is 0 Å². The zero-order valence-electron chi connectivity index (χ0n) is 12.5. The SMILES string of the molecule is CCCNc1cc(C)nc(NCCc2ccc(F)cc2)n1. The minimum Gasteiger partial charge on any atom is -0.370 e. The number of benzene rings is 1. The first-order valence-corrected chi connectivity index (χ1v) is 7.25. The molecular formula is C16H21FN4. The van der Waals surface area contributed by atoms with Crippen LogP contribution in [0.1, 0.15) is 24.6 Å². The van der Waals surface area contributed by atoms with E-state index in [0.29, 0.717) is 12.5 Å². The molecule has 0 bridgehead atoms. The standard InChI is InChI=1S/C16H21FN4/c1-3-9-18-15-11-12(2)20-16(21-15)19-10-8-13-4-6-14(17)7-5-13/h4-7,11H,3,8-10H2,1-2H3,(H2,18,19,20,21). The van der Waals surface area contributed by atoms with Crippen molar-refractivity contribution in [2.45, 2.75) is 26.7 Å². The molecule has 0 unspecified atom stereocenters. The van der Waals surface area contributed by atoms with Crippen LogP contribution in [0.3, 0.4) is 0 Å². The molecule has 0 radical (unpaired) electrons. The molecule has 1 heterocycles. The smallest absolute Gasteiger partial charge is 0.224 e. The molecule has 0 atom stereocenters. The van der Waals surface area contributed by atoms with E-state index in [2.05, 4.69) is 27.5 Å². The normalized spacial score (nSPS) is 10.4. The predicted molar refractivity (Wildman–Crippen MR) is 84.1 cm³/mol. The summed E-state index contributed by atoms with van der Waals surface area (Å²) < 4.78 is 12.8. The third-order valence-corrected chi connectivity index (χ3v) is 3.02. The van der Waals surface area contributed by atoms with Crippen LogP contribution in [0.2, 0.25) is 0 Å². The van der Waals surface area contributed by atoms with Gasteiger partial charge in [-0.25, -0.2) is 9.37 Å². The van der Waals surface area contributed by atoms with E-state index in [1.165, 1.54) is 12.1 Å². The lowest BCUT2D eigenvalue weighted by Crippen LogP contribution is -2.10. The van der Waals surface area contributed by atoms with Crippen LogP contribution in [-0.2, 0) is 6.42 Å². The maximum Gasteiger partial charge on any atom is 0.224 e. The van der Waals surface area contributed by atoms with Gasteiger partial charge >= 0.3 is 0 Å². The molecule has 0 spiro atoms. The highest BCUT2D eigenvalue weighted by atomic mass is 19.1. The number of nitrogens with one attached hydrogen (secondary N) is 2. The Balaban J connectivity index is 1.90. The van der Waals surface area contributed by atoms with Gasteiger partial charge in [0.2, 0.25) is 5.95 Å². The fraction of sp³-hybridized carbons (Fsp3) is 0.375. The summed E-state index contributed by atoms with van der Waals surface area (Å²) in [6, 6.07) is 8.47. The van der Waals surface area contributed by atoms with Crippen LogP contribution in [-0.4, -0.2) is 23.1 Å². The second-order valence-electron chi connectivity index (χ2n) is 4.95. The Labute approximate surface area is 124 Å². The Kier molecular flexibility index (Phi) is 5.49. The second-order valence-corrected chi connectivity index (χ2v) is 4.95. The maximum atomic E-state index is 12.8. The average Bonchev–Trinajstić information content (AvgIpc) is 2.47. The molecule has 2 rings (SSSR count). The Hall–Kier alpha value is -2.17. The van der Waals surface area contributed by atoms with E-state index in [1.807, 2.05) is 13.0 Å². The molecule has 0 saturated carbocycles. The molecule has 4 nitrogen and oxygen atoms in total. The molecule has 21 heavy (non-hydrogen) atoms. The van der Waals surface area contributed by atoms with Crippen LogP contribution in [0.15, 0.2) is 30.3 Å². The van der Waals surface area contributed by atoms with Crippen LogP contribution in [0.25, 0.3) is 0 Å². The summed E-state index contributed by atoms with van der Waals surface area (Å²) in [5.41, 5.74) is 2.01. The summed E-state index contributed by atoms with van der Waals surface area (Å²) in [5, 5.41) is 6.47. The minimum absolute atomic E-state index is 0.208. The Morgan fingerprint density at radius 2 is 1.81 bits per heavy atom. The second kappa shape index (κ2) is 7.57. The van der Waals surface area contributed by atoms with Gasteiger partial charge in [0.05, 0.1) is 0 Å². The van der Waals surface area contributed by atoms with Crippen molar-refractivity contribution in [1.82, 2.24) is 9.97 Å². The first-order valence-electron chi connectivity index (χ1n) is 7.25. The van der Waals surface area contributed by atoms with Gasteiger partial charge in [0.25, 0.3) is 0 Å². The molecule has 2 N–H and O–H groups in total. The van der Waals surface area contributed by atoms with E-state index in [-0.39, 0.29) is 5.82 Å². The number of aryl methyl sites for hydroxylation is 1. The lowest BCUT2D eigenvalue weighted by Gasteiger charge is -2.09. The van der Waals surface area contributed by atoms with Crippen LogP contribution >= 0.6 is 0 Å². The molecule has 0 amide bonds. The summed E-state index contributed by atoms with van der Waals surface area (Å²) in [4.78, 5) is 8.79. The van der Waals surface area contributed by atoms with Crippen LogP contribution in [0.5, 0.6) is 0 Å². The molecule has 0 saturated heterocycles. The van der Waals surface area contributed by atoms with E-state index in [1.54, 1.807) is 12.1 Å². The topological polar surface area (TPSA) is 49.8 Å². The fourth-order valence-electron chi connectivity index (χ4n) is 1.96. The third kappa shape index (κ3) is 5.02. The van der Waals surface area contributed by atoms with Crippen molar-refractivity contribution in [1.29, 1.82) is 0 Å². The van der Waals surface area contributed by atoms with Crippen molar-refractivity contribution < 1.29 is 4.39 Å².